The second kappa shape index (κ2) is 19.7. The molecule has 0 spiro atoms. The van der Waals surface area contributed by atoms with Crippen LogP contribution in [0.5, 0.6) is 0 Å². The molecule has 4 rings (SSSR count). The molecule has 0 fully saturated rings. The molecular formula is C37H49Cl4N7O3. The van der Waals surface area contributed by atoms with Crippen molar-refractivity contribution in [1.82, 2.24) is 15.6 Å². The van der Waals surface area contributed by atoms with Gasteiger partial charge in [-0.05, 0) is 50.1 Å². The highest BCUT2D eigenvalue weighted by molar-refractivity contribution is 6.43. The van der Waals surface area contributed by atoms with Gasteiger partial charge in [-0.3, -0.25) is 29.3 Å². The number of carbonyl (C=O) groups is 3. The lowest BCUT2D eigenvalue weighted by Gasteiger charge is -2.32. The normalized spacial score (nSPS) is 15.8. The highest BCUT2D eigenvalue weighted by Crippen LogP contribution is 2.41. The van der Waals surface area contributed by atoms with Crippen molar-refractivity contribution in [3.63, 3.8) is 0 Å². The van der Waals surface area contributed by atoms with E-state index < -0.39 is 17.9 Å². The van der Waals surface area contributed by atoms with E-state index >= 15 is 0 Å². The Balaban J connectivity index is 1.54. The first kappa shape index (κ1) is 40.7. The maximum Gasteiger partial charge on any atom is 0.279 e. The number of nitrogens with zero attached hydrogens (tertiary/aromatic N) is 5. The zero-order chi connectivity index (χ0) is 37.1. The van der Waals surface area contributed by atoms with Crippen molar-refractivity contribution in [2.75, 3.05) is 21.8 Å². The topological polar surface area (TPSA) is 101 Å². The van der Waals surface area contributed by atoms with Crippen molar-refractivity contribution in [2.24, 2.45) is 5.10 Å². The van der Waals surface area contributed by atoms with Crippen molar-refractivity contribution < 1.29 is 14.4 Å². The minimum absolute atomic E-state index is 0.0609. The molecule has 1 atom stereocenters. The quantitative estimate of drug-likeness (QED) is 0.146. The number of rotatable bonds is 18. The zero-order valence-electron chi connectivity index (χ0n) is 29.9. The fourth-order valence-corrected chi connectivity index (χ4v) is 7.41. The molecule has 0 bridgehead atoms. The van der Waals surface area contributed by atoms with Crippen molar-refractivity contribution >= 4 is 87.0 Å². The lowest BCUT2D eigenvalue weighted by molar-refractivity contribution is -0.121. The number of anilines is 3. The molecule has 2 aliphatic rings. The number of allylic oxidation sites excluding steroid dienone is 1. The average molecular weight is 782 g/mol. The number of amidine groups is 1. The molecule has 2 aromatic rings. The molecule has 3 amide bonds. The number of halogens is 4. The Morgan fingerprint density at radius 2 is 1.47 bits per heavy atom. The standard InChI is InChI=1S/C37H49Cl4N7O3/c1-5-8-9-10-11-12-13-14-15-16-17-18-33(50)42-27-19-20-29(39)32(23-27)46(25(4)49)36-35(47-28(6-2)24-45(7-3)44-47)37(51)48(43-36)34-30(40)21-26(38)22-31(34)41/h19-24,35,44H,5-18H2,1-4H3,(H,42,50). The molecule has 0 saturated carbocycles. The number of hydrazone groups is 1. The fourth-order valence-electron chi connectivity index (χ4n) is 6.23. The molecule has 0 saturated heterocycles. The molecule has 1 unspecified atom stereocenters. The molecule has 278 valence electrons. The number of carbonyl (C=O) groups excluding carboxylic acids is 3. The number of unbranched alkanes of at least 4 members (excludes halogenated alkanes) is 10. The van der Waals surface area contributed by atoms with Crippen LogP contribution >= 0.6 is 46.4 Å². The summed E-state index contributed by atoms with van der Waals surface area (Å²) in [7, 11) is 0. The summed E-state index contributed by atoms with van der Waals surface area (Å²) in [5.74, 6) is -1.04. The van der Waals surface area contributed by atoms with Crippen LogP contribution < -0.4 is 20.8 Å². The first-order valence-corrected chi connectivity index (χ1v) is 19.5. The second-order valence-electron chi connectivity index (χ2n) is 12.8. The van der Waals surface area contributed by atoms with Gasteiger partial charge in [-0.15, -0.1) is 10.6 Å². The minimum Gasteiger partial charge on any atom is -0.326 e. The van der Waals surface area contributed by atoms with E-state index in [-0.39, 0.29) is 43.2 Å². The average Bonchev–Trinajstić information content (AvgIpc) is 3.64. The van der Waals surface area contributed by atoms with Gasteiger partial charge in [0.05, 0.1) is 20.8 Å². The van der Waals surface area contributed by atoms with E-state index in [9.17, 15) is 14.4 Å². The van der Waals surface area contributed by atoms with Crippen LogP contribution in [0.3, 0.4) is 0 Å². The van der Waals surface area contributed by atoms with Gasteiger partial charge in [0.1, 0.15) is 5.69 Å². The highest BCUT2D eigenvalue weighted by Gasteiger charge is 2.48. The highest BCUT2D eigenvalue weighted by atomic mass is 35.5. The molecule has 0 aliphatic carbocycles. The molecule has 2 heterocycles. The molecule has 2 aromatic carbocycles. The lowest BCUT2D eigenvalue weighted by atomic mass is 10.1. The van der Waals surface area contributed by atoms with Crippen LogP contribution in [0.4, 0.5) is 17.1 Å². The summed E-state index contributed by atoms with van der Waals surface area (Å²) in [4.78, 5) is 42.1. The Morgan fingerprint density at radius 3 is 2.04 bits per heavy atom. The van der Waals surface area contributed by atoms with Crippen LogP contribution in [0.15, 0.2) is 47.3 Å². The summed E-state index contributed by atoms with van der Waals surface area (Å²) in [5, 5.41) is 12.9. The van der Waals surface area contributed by atoms with Gasteiger partial charge in [0.15, 0.2) is 11.9 Å². The largest absolute Gasteiger partial charge is 0.326 e. The Bertz CT molecular complexity index is 1600. The Morgan fingerprint density at radius 1 is 0.863 bits per heavy atom. The first-order chi connectivity index (χ1) is 24.5. The first-order valence-electron chi connectivity index (χ1n) is 18.0. The number of hydrogen-bond acceptors (Lipinski definition) is 7. The number of hydrogen-bond donors (Lipinski definition) is 2. The monoisotopic (exact) mass is 779 g/mol. The van der Waals surface area contributed by atoms with Crippen LogP contribution in [0.1, 0.15) is 111 Å². The summed E-state index contributed by atoms with van der Waals surface area (Å²) in [6.07, 6.45) is 16.0. The summed E-state index contributed by atoms with van der Waals surface area (Å²) in [5.41, 5.74) is 4.85. The SMILES string of the molecule is CCCCCCCCCCCCCC(=O)Nc1ccc(Cl)c(N(C(C)=O)C2=NN(c3c(Cl)cc(Cl)cc3Cl)C(=O)C2N2NN(CC)C=C2CC)c1. The van der Waals surface area contributed by atoms with Gasteiger partial charge in [-0.25, -0.2) is 0 Å². The number of benzene rings is 2. The molecule has 14 heteroatoms. The van der Waals surface area contributed by atoms with Crippen LogP contribution in [-0.2, 0) is 14.4 Å². The van der Waals surface area contributed by atoms with Gasteiger partial charge in [-0.2, -0.15) is 5.01 Å². The van der Waals surface area contributed by atoms with Crippen LogP contribution in [0.25, 0.3) is 0 Å². The number of hydrazine groups is 2. The van der Waals surface area contributed by atoms with Crippen LogP contribution in [-0.4, -0.2) is 46.2 Å². The molecule has 0 aromatic heterocycles. The van der Waals surface area contributed by atoms with Gasteiger partial charge in [0, 0.05) is 42.5 Å². The van der Waals surface area contributed by atoms with Crippen LogP contribution in [0.2, 0.25) is 20.1 Å². The summed E-state index contributed by atoms with van der Waals surface area (Å²) < 4.78 is 0. The van der Waals surface area contributed by atoms with E-state index in [1.54, 1.807) is 23.2 Å². The molecular weight excluding hydrogens is 732 g/mol. The lowest BCUT2D eigenvalue weighted by Crippen LogP contribution is -2.57. The second-order valence-corrected chi connectivity index (χ2v) is 14.5. The van der Waals surface area contributed by atoms with Crippen molar-refractivity contribution in [1.29, 1.82) is 0 Å². The predicted molar refractivity (Wildman–Crippen MR) is 210 cm³/mol. The van der Waals surface area contributed by atoms with Gasteiger partial charge in [0.25, 0.3) is 5.91 Å². The number of nitrogens with one attached hydrogen (secondary N) is 2. The summed E-state index contributed by atoms with van der Waals surface area (Å²) in [6, 6.07) is 6.70. The van der Waals surface area contributed by atoms with Gasteiger partial charge in [0.2, 0.25) is 11.8 Å². The Labute approximate surface area is 322 Å². The summed E-state index contributed by atoms with van der Waals surface area (Å²) >= 11 is 26.0. The number of amides is 3. The van der Waals surface area contributed by atoms with E-state index in [2.05, 4.69) is 22.9 Å². The van der Waals surface area contributed by atoms with E-state index in [1.165, 1.54) is 75.3 Å². The Hall–Kier alpha value is -3.02. The predicted octanol–water partition coefficient (Wildman–Crippen LogP) is 10.3. The molecule has 2 N–H and O–H groups in total. The van der Waals surface area contributed by atoms with E-state index in [0.717, 1.165) is 30.0 Å². The van der Waals surface area contributed by atoms with Crippen molar-refractivity contribution in [3.05, 3.63) is 62.3 Å². The van der Waals surface area contributed by atoms with Gasteiger partial charge in [-0.1, -0.05) is 124 Å². The van der Waals surface area contributed by atoms with E-state index in [4.69, 9.17) is 46.4 Å². The third-order valence-corrected chi connectivity index (χ3v) is 10.0. The molecule has 51 heavy (non-hydrogen) atoms. The van der Waals surface area contributed by atoms with Crippen molar-refractivity contribution in [3.8, 4) is 0 Å². The van der Waals surface area contributed by atoms with Crippen LogP contribution in [0, 0.1) is 0 Å². The Kier molecular flexibility index (Phi) is 15.8. The van der Waals surface area contributed by atoms with Gasteiger partial charge >= 0.3 is 0 Å². The third kappa shape index (κ3) is 10.5. The molecule has 2 aliphatic heterocycles. The smallest absolute Gasteiger partial charge is 0.279 e. The van der Waals surface area contributed by atoms with E-state index in [0.29, 0.717) is 25.1 Å². The molecule has 0 radical (unpaired) electrons. The maximum atomic E-state index is 14.4. The van der Waals surface area contributed by atoms with Gasteiger partial charge < -0.3 is 5.32 Å². The molecule has 10 nitrogen and oxygen atoms in total. The fraction of sp³-hybridized carbons (Fsp3) is 0.514. The third-order valence-electron chi connectivity index (χ3n) is 8.92. The zero-order valence-corrected chi connectivity index (χ0v) is 32.9. The summed E-state index contributed by atoms with van der Waals surface area (Å²) in [6.45, 7) is 8.12. The van der Waals surface area contributed by atoms with Crippen molar-refractivity contribution in [2.45, 2.75) is 117 Å². The van der Waals surface area contributed by atoms with E-state index in [1.807, 2.05) is 25.1 Å². The maximum absolute atomic E-state index is 14.4. The minimum atomic E-state index is -1.13.